The van der Waals surface area contributed by atoms with E-state index < -0.39 is 6.04 Å². The van der Waals surface area contributed by atoms with Crippen LogP contribution in [0, 0.1) is 0 Å². The van der Waals surface area contributed by atoms with Gasteiger partial charge in [0.2, 0.25) is 11.8 Å². The third-order valence-electron chi connectivity index (χ3n) is 2.73. The summed E-state index contributed by atoms with van der Waals surface area (Å²) < 4.78 is 0. The van der Waals surface area contributed by atoms with Crippen molar-refractivity contribution in [3.05, 3.63) is 0 Å². The number of nitrogens with zero attached hydrogens (tertiary/aromatic N) is 2. The van der Waals surface area contributed by atoms with Crippen LogP contribution in [0.1, 0.15) is 26.2 Å². The molecule has 0 saturated carbocycles. The van der Waals surface area contributed by atoms with E-state index in [1.165, 1.54) is 4.90 Å². The molecule has 0 aromatic rings. The highest BCUT2D eigenvalue weighted by Gasteiger charge is 2.38. The molecule has 1 aliphatic rings. The molecule has 0 aliphatic carbocycles. The molecular formula is C10H19N5O2. The molecule has 96 valence electrons. The normalized spacial score (nSPS) is 21.8. The number of guanidine groups is 1. The third kappa shape index (κ3) is 3.42. The summed E-state index contributed by atoms with van der Waals surface area (Å²) in [7, 11) is 0. The van der Waals surface area contributed by atoms with Crippen molar-refractivity contribution in [1.29, 1.82) is 0 Å². The average molecular weight is 241 g/mol. The number of nitrogens with two attached hydrogens (primary N) is 3. The van der Waals surface area contributed by atoms with Crippen LogP contribution in [0.2, 0.25) is 0 Å². The van der Waals surface area contributed by atoms with Gasteiger partial charge in [-0.2, -0.15) is 0 Å². The zero-order valence-corrected chi connectivity index (χ0v) is 9.93. The van der Waals surface area contributed by atoms with E-state index in [1.54, 1.807) is 0 Å². The maximum absolute atomic E-state index is 11.6. The Balaban J connectivity index is 2.42. The first-order valence-electron chi connectivity index (χ1n) is 5.60. The third-order valence-corrected chi connectivity index (χ3v) is 2.73. The SMILES string of the molecule is C[C@@H](CCCN=C(N)N)N1C(=O)C[C@H](N)C1=O. The Kier molecular flexibility index (Phi) is 4.45. The van der Waals surface area contributed by atoms with Gasteiger partial charge >= 0.3 is 0 Å². The highest BCUT2D eigenvalue weighted by molar-refractivity contribution is 6.05. The fraction of sp³-hybridized carbons (Fsp3) is 0.700. The lowest BCUT2D eigenvalue weighted by Gasteiger charge is -2.22. The number of carbonyl (C=O) groups excluding carboxylic acids is 2. The Labute approximate surface area is 100 Å². The molecule has 6 N–H and O–H groups in total. The molecule has 0 aromatic heterocycles. The van der Waals surface area contributed by atoms with Gasteiger partial charge in [-0.25, -0.2) is 0 Å². The van der Waals surface area contributed by atoms with Gasteiger partial charge in [-0.3, -0.25) is 19.5 Å². The lowest BCUT2D eigenvalue weighted by Crippen LogP contribution is -2.41. The molecule has 17 heavy (non-hydrogen) atoms. The van der Waals surface area contributed by atoms with Gasteiger partial charge in [-0.05, 0) is 19.8 Å². The smallest absolute Gasteiger partial charge is 0.246 e. The van der Waals surface area contributed by atoms with E-state index in [-0.39, 0.29) is 30.2 Å². The molecule has 2 atom stereocenters. The van der Waals surface area contributed by atoms with Gasteiger partial charge in [0.15, 0.2) is 5.96 Å². The highest BCUT2D eigenvalue weighted by atomic mass is 16.2. The summed E-state index contributed by atoms with van der Waals surface area (Å²) in [6.45, 7) is 2.32. The van der Waals surface area contributed by atoms with E-state index in [1.807, 2.05) is 6.92 Å². The maximum Gasteiger partial charge on any atom is 0.246 e. The topological polar surface area (TPSA) is 128 Å². The van der Waals surface area contributed by atoms with Crippen LogP contribution in [0.3, 0.4) is 0 Å². The summed E-state index contributed by atoms with van der Waals surface area (Å²) in [5.74, 6) is -0.436. The number of likely N-dealkylation sites (tertiary alicyclic amines) is 1. The summed E-state index contributed by atoms with van der Waals surface area (Å²) in [6.07, 6.45) is 1.49. The molecular weight excluding hydrogens is 222 g/mol. The van der Waals surface area contributed by atoms with Gasteiger partial charge in [0.25, 0.3) is 0 Å². The van der Waals surface area contributed by atoms with Gasteiger partial charge < -0.3 is 17.2 Å². The fourth-order valence-electron chi connectivity index (χ4n) is 1.86. The highest BCUT2D eigenvalue weighted by Crippen LogP contribution is 2.17. The molecule has 0 radical (unpaired) electrons. The lowest BCUT2D eigenvalue weighted by molar-refractivity contribution is -0.141. The van der Waals surface area contributed by atoms with Crippen molar-refractivity contribution in [1.82, 2.24) is 4.90 Å². The number of aliphatic imine (C=N–C) groups is 1. The Morgan fingerprint density at radius 2 is 2.18 bits per heavy atom. The van der Waals surface area contributed by atoms with E-state index >= 15 is 0 Å². The minimum atomic E-state index is -0.678. The van der Waals surface area contributed by atoms with E-state index in [2.05, 4.69) is 4.99 Å². The minimum absolute atomic E-state index is 0.0491. The van der Waals surface area contributed by atoms with Crippen LogP contribution in [-0.4, -0.2) is 41.3 Å². The predicted molar refractivity (Wildman–Crippen MR) is 63.8 cm³/mol. The fourth-order valence-corrected chi connectivity index (χ4v) is 1.86. The van der Waals surface area contributed by atoms with Gasteiger partial charge in [-0.1, -0.05) is 0 Å². The molecule has 0 bridgehead atoms. The molecule has 2 amide bonds. The van der Waals surface area contributed by atoms with Crippen molar-refractivity contribution in [2.45, 2.75) is 38.3 Å². The minimum Gasteiger partial charge on any atom is -0.370 e. The molecule has 1 heterocycles. The summed E-state index contributed by atoms with van der Waals surface area (Å²) >= 11 is 0. The standard InChI is InChI=1S/C10H19N5O2/c1-6(3-2-4-14-10(12)13)15-8(16)5-7(11)9(15)17/h6-7H,2-5,11H2,1H3,(H4,12,13,14)/t6-,7-/m0/s1. The Morgan fingerprint density at radius 3 is 2.65 bits per heavy atom. The largest absolute Gasteiger partial charge is 0.370 e. The first-order chi connectivity index (χ1) is 7.93. The van der Waals surface area contributed by atoms with Crippen LogP contribution in [0.5, 0.6) is 0 Å². The van der Waals surface area contributed by atoms with E-state index in [4.69, 9.17) is 17.2 Å². The Bertz CT molecular complexity index is 338. The van der Waals surface area contributed by atoms with Gasteiger partial charge in [-0.15, -0.1) is 0 Å². The predicted octanol–water partition coefficient (Wildman–Crippen LogP) is -1.49. The van der Waals surface area contributed by atoms with Gasteiger partial charge in [0.05, 0.1) is 12.5 Å². The molecule has 0 aromatic carbocycles. The Morgan fingerprint density at radius 1 is 1.53 bits per heavy atom. The number of rotatable bonds is 5. The molecule has 0 unspecified atom stereocenters. The van der Waals surface area contributed by atoms with E-state index in [0.717, 1.165) is 0 Å². The van der Waals surface area contributed by atoms with Gasteiger partial charge in [0.1, 0.15) is 0 Å². The van der Waals surface area contributed by atoms with Crippen molar-refractivity contribution in [2.75, 3.05) is 6.54 Å². The average Bonchev–Trinajstić information content (AvgIpc) is 2.48. The zero-order chi connectivity index (χ0) is 13.0. The molecule has 1 aliphatic heterocycles. The van der Waals surface area contributed by atoms with Crippen LogP contribution in [0.4, 0.5) is 0 Å². The molecule has 1 saturated heterocycles. The van der Waals surface area contributed by atoms with E-state index in [0.29, 0.717) is 19.4 Å². The molecule has 7 heteroatoms. The molecule has 0 spiro atoms. The number of imide groups is 1. The maximum atomic E-state index is 11.6. The second kappa shape index (κ2) is 5.62. The Hall–Kier alpha value is -1.63. The quantitative estimate of drug-likeness (QED) is 0.234. The van der Waals surface area contributed by atoms with Crippen molar-refractivity contribution in [2.24, 2.45) is 22.2 Å². The van der Waals surface area contributed by atoms with Crippen molar-refractivity contribution in [3.63, 3.8) is 0 Å². The molecule has 1 fully saturated rings. The zero-order valence-electron chi connectivity index (χ0n) is 9.93. The molecule has 7 nitrogen and oxygen atoms in total. The van der Waals surface area contributed by atoms with Gasteiger partial charge in [0, 0.05) is 12.6 Å². The number of amides is 2. The summed E-state index contributed by atoms with van der Waals surface area (Å²) in [6, 6.07) is -0.833. The van der Waals surface area contributed by atoms with Crippen molar-refractivity contribution in [3.8, 4) is 0 Å². The summed E-state index contributed by atoms with van der Waals surface area (Å²) in [5, 5.41) is 0. The van der Waals surface area contributed by atoms with E-state index in [9.17, 15) is 9.59 Å². The lowest BCUT2D eigenvalue weighted by atomic mass is 10.1. The first kappa shape index (κ1) is 13.4. The van der Waals surface area contributed by atoms with Crippen LogP contribution < -0.4 is 17.2 Å². The van der Waals surface area contributed by atoms with Crippen molar-refractivity contribution >= 4 is 17.8 Å². The summed E-state index contributed by atoms with van der Waals surface area (Å²) in [4.78, 5) is 28.2. The second-order valence-electron chi connectivity index (χ2n) is 4.21. The molecule has 1 rings (SSSR count). The monoisotopic (exact) mass is 241 g/mol. The van der Waals surface area contributed by atoms with Crippen LogP contribution >= 0.6 is 0 Å². The summed E-state index contributed by atoms with van der Waals surface area (Å²) in [5.41, 5.74) is 15.9. The number of carbonyl (C=O) groups is 2. The first-order valence-corrected chi connectivity index (χ1v) is 5.60. The second-order valence-corrected chi connectivity index (χ2v) is 4.21. The number of hydrogen-bond acceptors (Lipinski definition) is 4. The van der Waals surface area contributed by atoms with Crippen LogP contribution in [0.15, 0.2) is 4.99 Å². The van der Waals surface area contributed by atoms with Crippen LogP contribution in [0.25, 0.3) is 0 Å². The van der Waals surface area contributed by atoms with Crippen molar-refractivity contribution < 1.29 is 9.59 Å². The number of hydrogen-bond donors (Lipinski definition) is 3. The van der Waals surface area contributed by atoms with Crippen LogP contribution in [-0.2, 0) is 9.59 Å².